The normalized spacial score (nSPS) is 24.0. The number of hydrogen-bond acceptors (Lipinski definition) is 4. The Labute approximate surface area is 139 Å². The molecule has 0 aromatic heterocycles. The molecule has 2 aliphatic heterocycles. The number of amides is 2. The van der Waals surface area contributed by atoms with Crippen molar-refractivity contribution in [2.45, 2.75) is 19.8 Å². The zero-order valence-electron chi connectivity index (χ0n) is 13.4. The monoisotopic (exact) mass is 329 g/mol. The molecule has 0 unspecified atom stereocenters. The van der Waals surface area contributed by atoms with Crippen molar-refractivity contribution >= 4 is 29.2 Å². The number of rotatable bonds is 3. The van der Waals surface area contributed by atoms with E-state index in [1.165, 1.54) is 9.91 Å². The summed E-state index contributed by atoms with van der Waals surface area (Å²) in [5.74, 6) is -1.97. The van der Waals surface area contributed by atoms with Crippen LogP contribution in [0.1, 0.15) is 19.8 Å². The average Bonchev–Trinajstić information content (AvgIpc) is 2.97. The molecule has 0 saturated carbocycles. The zero-order chi connectivity index (χ0) is 17.3. The lowest BCUT2D eigenvalue weighted by Gasteiger charge is -2.25. The molecular weight excluding hydrogens is 310 g/mol. The van der Waals surface area contributed by atoms with Crippen LogP contribution in [0.15, 0.2) is 35.4 Å². The van der Waals surface area contributed by atoms with Crippen LogP contribution in [0, 0.1) is 11.8 Å². The third-order valence-electron chi connectivity index (χ3n) is 4.50. The standard InChI is InChI=1S/C17H19N3O4/c1-11-9-19(10-13(11)17(23)24)16(22)14-7-8-15(21)20(18-14)12-5-3-2-4-6-12/h2-6,11,13H,7-10H2,1H3,(H,23,24)/t11-,13-/m1/s1. The Balaban J connectivity index is 1.80. The van der Waals surface area contributed by atoms with Gasteiger partial charge in [-0.15, -0.1) is 0 Å². The van der Waals surface area contributed by atoms with Crippen LogP contribution in [0.25, 0.3) is 0 Å². The second-order valence-corrected chi connectivity index (χ2v) is 6.22. The lowest BCUT2D eigenvalue weighted by Crippen LogP contribution is -2.41. The van der Waals surface area contributed by atoms with Gasteiger partial charge in [-0.3, -0.25) is 14.4 Å². The van der Waals surface area contributed by atoms with E-state index < -0.39 is 11.9 Å². The lowest BCUT2D eigenvalue weighted by molar-refractivity contribution is -0.142. The Morgan fingerprint density at radius 2 is 1.88 bits per heavy atom. The molecule has 1 aromatic carbocycles. The Morgan fingerprint density at radius 1 is 1.17 bits per heavy atom. The number of benzene rings is 1. The number of hydrazone groups is 1. The number of anilines is 1. The van der Waals surface area contributed by atoms with Gasteiger partial charge < -0.3 is 10.0 Å². The topological polar surface area (TPSA) is 90.3 Å². The second-order valence-electron chi connectivity index (χ2n) is 6.22. The summed E-state index contributed by atoms with van der Waals surface area (Å²) in [5, 5.41) is 14.7. The van der Waals surface area contributed by atoms with Crippen LogP contribution in [0.3, 0.4) is 0 Å². The van der Waals surface area contributed by atoms with E-state index in [1.54, 1.807) is 24.3 Å². The summed E-state index contributed by atoms with van der Waals surface area (Å²) in [5.41, 5.74) is 0.919. The summed E-state index contributed by atoms with van der Waals surface area (Å²) in [4.78, 5) is 37.5. The van der Waals surface area contributed by atoms with Crippen LogP contribution in [-0.4, -0.2) is 46.6 Å². The molecule has 1 fully saturated rings. The van der Waals surface area contributed by atoms with Gasteiger partial charge in [0.2, 0.25) is 5.91 Å². The molecule has 2 atom stereocenters. The van der Waals surface area contributed by atoms with Crippen LogP contribution in [0.2, 0.25) is 0 Å². The van der Waals surface area contributed by atoms with E-state index in [1.807, 2.05) is 13.0 Å². The Hall–Kier alpha value is -2.70. The first-order valence-electron chi connectivity index (χ1n) is 7.95. The number of carboxylic acids is 1. The summed E-state index contributed by atoms with van der Waals surface area (Å²) < 4.78 is 0. The molecule has 2 heterocycles. The van der Waals surface area contributed by atoms with Gasteiger partial charge in [0.1, 0.15) is 5.71 Å². The predicted octanol–water partition coefficient (Wildman–Crippen LogP) is 1.35. The van der Waals surface area contributed by atoms with Crippen LogP contribution in [-0.2, 0) is 14.4 Å². The summed E-state index contributed by atoms with van der Waals surface area (Å²) in [6.07, 6.45) is 0.495. The van der Waals surface area contributed by atoms with Crippen LogP contribution in [0.4, 0.5) is 5.69 Å². The Morgan fingerprint density at radius 3 is 2.50 bits per heavy atom. The highest BCUT2D eigenvalue weighted by Gasteiger charge is 2.39. The molecule has 1 N–H and O–H groups in total. The quantitative estimate of drug-likeness (QED) is 0.906. The molecule has 7 heteroatoms. The Bertz CT molecular complexity index is 701. The fourth-order valence-corrected chi connectivity index (χ4v) is 3.11. The van der Waals surface area contributed by atoms with E-state index in [4.69, 9.17) is 0 Å². The van der Waals surface area contributed by atoms with Gasteiger partial charge in [0.15, 0.2) is 0 Å². The SMILES string of the molecule is C[C@@H]1CN(C(=O)C2=NN(c3ccccc3)C(=O)CC2)C[C@H]1C(=O)O. The van der Waals surface area contributed by atoms with Crippen LogP contribution in [0.5, 0.6) is 0 Å². The van der Waals surface area contributed by atoms with Crippen molar-refractivity contribution in [1.29, 1.82) is 0 Å². The molecule has 3 rings (SSSR count). The van der Waals surface area contributed by atoms with Gasteiger partial charge in [0, 0.05) is 25.9 Å². The highest BCUT2D eigenvalue weighted by atomic mass is 16.4. The van der Waals surface area contributed by atoms with E-state index >= 15 is 0 Å². The minimum Gasteiger partial charge on any atom is -0.481 e. The molecular formula is C17H19N3O4. The molecule has 0 radical (unpaired) electrons. The minimum atomic E-state index is -0.885. The number of aliphatic carboxylic acids is 1. The number of para-hydroxylation sites is 1. The van der Waals surface area contributed by atoms with E-state index in [0.29, 0.717) is 17.9 Å². The highest BCUT2D eigenvalue weighted by Crippen LogP contribution is 2.25. The van der Waals surface area contributed by atoms with E-state index in [9.17, 15) is 19.5 Å². The number of carboxylic acid groups (broad SMARTS) is 1. The largest absolute Gasteiger partial charge is 0.481 e. The molecule has 24 heavy (non-hydrogen) atoms. The molecule has 0 bridgehead atoms. The van der Waals surface area contributed by atoms with Crippen molar-refractivity contribution in [2.75, 3.05) is 18.1 Å². The number of carbonyl (C=O) groups is 3. The smallest absolute Gasteiger partial charge is 0.308 e. The number of hydrogen-bond donors (Lipinski definition) is 1. The number of likely N-dealkylation sites (tertiary alicyclic amines) is 1. The van der Waals surface area contributed by atoms with Gasteiger partial charge in [0.25, 0.3) is 5.91 Å². The molecule has 0 aliphatic carbocycles. The van der Waals surface area contributed by atoms with Gasteiger partial charge in [-0.05, 0) is 18.1 Å². The van der Waals surface area contributed by atoms with E-state index in [2.05, 4.69) is 5.10 Å². The molecule has 1 aromatic rings. The van der Waals surface area contributed by atoms with Crippen molar-refractivity contribution in [3.05, 3.63) is 30.3 Å². The van der Waals surface area contributed by atoms with Crippen molar-refractivity contribution in [3.63, 3.8) is 0 Å². The molecule has 126 valence electrons. The molecule has 2 aliphatic rings. The number of carbonyl (C=O) groups excluding carboxylic acids is 2. The fourth-order valence-electron chi connectivity index (χ4n) is 3.11. The van der Waals surface area contributed by atoms with Crippen molar-refractivity contribution in [1.82, 2.24) is 4.90 Å². The van der Waals surface area contributed by atoms with Gasteiger partial charge in [-0.25, -0.2) is 5.01 Å². The average molecular weight is 329 g/mol. The first kappa shape index (κ1) is 16.2. The fraction of sp³-hybridized carbons (Fsp3) is 0.412. The summed E-state index contributed by atoms with van der Waals surface area (Å²) >= 11 is 0. The van der Waals surface area contributed by atoms with Gasteiger partial charge in [-0.2, -0.15) is 5.10 Å². The summed E-state index contributed by atoms with van der Waals surface area (Å²) in [6, 6.07) is 8.95. The predicted molar refractivity (Wildman–Crippen MR) is 87.5 cm³/mol. The summed E-state index contributed by atoms with van der Waals surface area (Å²) in [7, 11) is 0. The van der Waals surface area contributed by atoms with Crippen molar-refractivity contribution in [2.24, 2.45) is 16.9 Å². The molecule has 1 saturated heterocycles. The van der Waals surface area contributed by atoms with Crippen molar-refractivity contribution < 1.29 is 19.5 Å². The molecule has 0 spiro atoms. The van der Waals surface area contributed by atoms with E-state index in [-0.39, 0.29) is 37.1 Å². The van der Waals surface area contributed by atoms with Crippen LogP contribution < -0.4 is 5.01 Å². The van der Waals surface area contributed by atoms with Gasteiger partial charge in [-0.1, -0.05) is 25.1 Å². The zero-order valence-corrected chi connectivity index (χ0v) is 13.4. The third-order valence-corrected chi connectivity index (χ3v) is 4.50. The second kappa shape index (κ2) is 6.43. The maximum Gasteiger partial charge on any atom is 0.308 e. The van der Waals surface area contributed by atoms with Gasteiger partial charge in [0.05, 0.1) is 11.6 Å². The van der Waals surface area contributed by atoms with Crippen molar-refractivity contribution in [3.8, 4) is 0 Å². The highest BCUT2D eigenvalue weighted by molar-refractivity contribution is 6.40. The first-order chi connectivity index (χ1) is 11.5. The minimum absolute atomic E-state index is 0.0949. The summed E-state index contributed by atoms with van der Waals surface area (Å²) in [6.45, 7) is 2.41. The lowest BCUT2D eigenvalue weighted by atomic mass is 9.99. The third kappa shape index (κ3) is 3.02. The number of nitrogens with zero attached hydrogens (tertiary/aromatic N) is 3. The maximum absolute atomic E-state index is 12.7. The van der Waals surface area contributed by atoms with Gasteiger partial charge >= 0.3 is 5.97 Å². The van der Waals surface area contributed by atoms with Crippen LogP contribution >= 0.6 is 0 Å². The maximum atomic E-state index is 12.7. The Kier molecular flexibility index (Phi) is 4.33. The first-order valence-corrected chi connectivity index (χ1v) is 7.95. The van der Waals surface area contributed by atoms with E-state index in [0.717, 1.165) is 0 Å². The molecule has 7 nitrogen and oxygen atoms in total. The molecule has 2 amide bonds.